The van der Waals surface area contributed by atoms with Gasteiger partial charge in [0.15, 0.2) is 0 Å². The van der Waals surface area contributed by atoms with Crippen LogP contribution in [0.4, 0.5) is 14.6 Å². The molecule has 0 radical (unpaired) electrons. The second kappa shape index (κ2) is 2.84. The molecule has 0 aliphatic carbocycles. The predicted octanol–water partition coefficient (Wildman–Crippen LogP) is 2.92. The minimum atomic E-state index is -0.980. The predicted molar refractivity (Wildman–Crippen MR) is 36.1 cm³/mol. The summed E-state index contributed by atoms with van der Waals surface area (Å²) >= 11 is 5.43. The molecule has 1 nitrogen and oxygen atoms in total. The molecule has 0 atom stereocenters. The maximum atomic E-state index is 11.7. The Hall–Kier alpha value is -0.830. The van der Waals surface area contributed by atoms with Crippen molar-refractivity contribution in [2.45, 2.75) is 0 Å². The van der Waals surface area contributed by atoms with Crippen LogP contribution in [0, 0.1) is 0 Å². The van der Waals surface area contributed by atoms with Gasteiger partial charge in [0, 0.05) is 5.02 Å². The van der Waals surface area contributed by atoms with Crippen LogP contribution in [0.2, 0.25) is 5.02 Å². The van der Waals surface area contributed by atoms with Crippen LogP contribution in [0.25, 0.3) is 0 Å². The molecule has 0 saturated carbocycles. The van der Waals surface area contributed by atoms with E-state index in [4.69, 9.17) is 11.6 Å². The average molecular weight is 164 g/mol. The molecule has 0 aromatic heterocycles. The number of benzene rings is 1. The monoisotopic (exact) mass is 163 g/mol. The molecule has 0 saturated heterocycles. The van der Waals surface area contributed by atoms with Gasteiger partial charge in [-0.2, -0.15) is 0 Å². The Morgan fingerprint density at radius 1 is 1.30 bits per heavy atom. The maximum Gasteiger partial charge on any atom is 0.107 e. The number of nitrogens with zero attached hydrogens (tertiary/aromatic N) is 1. The largest absolute Gasteiger partial charge is 0.107 e. The summed E-state index contributed by atoms with van der Waals surface area (Å²) in [5.41, 5.74) is -0.201. The number of halogens is 3. The lowest BCUT2D eigenvalue weighted by molar-refractivity contribution is 0.235. The lowest BCUT2D eigenvalue weighted by Crippen LogP contribution is -1.94. The molecular weight excluding hydrogens is 160 g/mol. The van der Waals surface area contributed by atoms with Crippen molar-refractivity contribution in [3.8, 4) is 0 Å². The molecule has 0 bridgehead atoms. The van der Waals surface area contributed by atoms with Gasteiger partial charge in [-0.1, -0.05) is 26.6 Å². The SMILES string of the molecule is FN(F)c1cccc(Cl)c1. The fourth-order valence-corrected chi connectivity index (χ4v) is 0.766. The third-order valence-electron chi connectivity index (χ3n) is 1.00. The summed E-state index contributed by atoms with van der Waals surface area (Å²) in [5.74, 6) is 0. The fourth-order valence-electron chi connectivity index (χ4n) is 0.581. The number of rotatable bonds is 1. The second-order valence-corrected chi connectivity index (χ2v) is 2.15. The first-order chi connectivity index (χ1) is 4.70. The van der Waals surface area contributed by atoms with Crippen molar-refractivity contribution >= 4 is 17.3 Å². The topological polar surface area (TPSA) is 3.24 Å². The summed E-state index contributed by atoms with van der Waals surface area (Å²) in [5, 5.41) is -0.677. The number of hydrogen-bond acceptors (Lipinski definition) is 1. The molecule has 0 heterocycles. The van der Waals surface area contributed by atoms with Crippen LogP contribution in [0.3, 0.4) is 0 Å². The van der Waals surface area contributed by atoms with Crippen molar-refractivity contribution in [1.29, 1.82) is 0 Å². The summed E-state index contributed by atoms with van der Waals surface area (Å²) < 4.78 is 23.4. The zero-order chi connectivity index (χ0) is 7.56. The van der Waals surface area contributed by atoms with Crippen molar-refractivity contribution in [1.82, 2.24) is 0 Å². The Morgan fingerprint density at radius 3 is 2.40 bits per heavy atom. The van der Waals surface area contributed by atoms with E-state index in [9.17, 15) is 8.96 Å². The van der Waals surface area contributed by atoms with Crippen LogP contribution in [0.15, 0.2) is 24.3 Å². The van der Waals surface area contributed by atoms with E-state index in [2.05, 4.69) is 0 Å². The van der Waals surface area contributed by atoms with Crippen LogP contribution in [0.5, 0.6) is 0 Å². The quantitative estimate of drug-likeness (QED) is 0.576. The highest BCUT2D eigenvalue weighted by molar-refractivity contribution is 6.30. The molecular formula is C6H4ClF2N. The van der Waals surface area contributed by atoms with E-state index in [-0.39, 0.29) is 5.69 Å². The highest BCUT2D eigenvalue weighted by atomic mass is 35.5. The average Bonchev–Trinajstić information content (AvgIpc) is 1.88. The van der Waals surface area contributed by atoms with E-state index >= 15 is 0 Å². The van der Waals surface area contributed by atoms with Crippen LogP contribution in [-0.2, 0) is 0 Å². The van der Waals surface area contributed by atoms with E-state index in [0.717, 1.165) is 0 Å². The number of hydrogen-bond donors (Lipinski definition) is 0. The third kappa shape index (κ3) is 1.57. The van der Waals surface area contributed by atoms with E-state index < -0.39 is 5.34 Å². The normalized spacial score (nSPS) is 9.50. The highest BCUT2D eigenvalue weighted by Gasteiger charge is 2.00. The molecule has 54 valence electrons. The molecule has 1 aromatic carbocycles. The minimum absolute atomic E-state index is 0.201. The van der Waals surface area contributed by atoms with Crippen molar-refractivity contribution in [3.63, 3.8) is 0 Å². The van der Waals surface area contributed by atoms with Crippen LogP contribution in [0.1, 0.15) is 0 Å². The molecule has 0 unspecified atom stereocenters. The maximum absolute atomic E-state index is 11.7. The third-order valence-corrected chi connectivity index (χ3v) is 1.24. The lowest BCUT2D eigenvalue weighted by atomic mass is 10.3. The Labute approximate surface area is 61.7 Å². The molecule has 0 N–H and O–H groups in total. The van der Waals surface area contributed by atoms with E-state index in [1.165, 1.54) is 24.3 Å². The fraction of sp³-hybridized carbons (Fsp3) is 0. The van der Waals surface area contributed by atoms with Crippen molar-refractivity contribution in [3.05, 3.63) is 29.3 Å². The Kier molecular flexibility index (Phi) is 2.06. The van der Waals surface area contributed by atoms with Gasteiger partial charge in [0.25, 0.3) is 0 Å². The van der Waals surface area contributed by atoms with E-state index in [1.807, 2.05) is 0 Å². The van der Waals surface area contributed by atoms with Gasteiger partial charge in [-0.15, -0.1) is 0 Å². The van der Waals surface area contributed by atoms with Gasteiger partial charge in [-0.05, 0) is 23.5 Å². The Morgan fingerprint density at radius 2 is 2.00 bits per heavy atom. The van der Waals surface area contributed by atoms with Gasteiger partial charge < -0.3 is 0 Å². The van der Waals surface area contributed by atoms with Crippen molar-refractivity contribution < 1.29 is 8.96 Å². The standard InChI is InChI=1S/C6H4ClF2N/c7-5-2-1-3-6(4-5)10(8)9/h1-4H. The molecule has 0 amide bonds. The van der Waals surface area contributed by atoms with Crippen LogP contribution < -0.4 is 5.34 Å². The summed E-state index contributed by atoms with van der Waals surface area (Å²) in [6, 6.07) is 5.45. The summed E-state index contributed by atoms with van der Waals surface area (Å²) in [6.07, 6.45) is 0. The van der Waals surface area contributed by atoms with Gasteiger partial charge in [0.1, 0.15) is 5.69 Å². The second-order valence-electron chi connectivity index (χ2n) is 1.71. The highest BCUT2D eigenvalue weighted by Crippen LogP contribution is 2.19. The molecule has 1 aromatic rings. The Balaban J connectivity index is 2.96. The first kappa shape index (κ1) is 7.28. The molecule has 1 rings (SSSR count). The summed E-state index contributed by atoms with van der Waals surface area (Å²) in [4.78, 5) is 0. The number of anilines is 1. The van der Waals surface area contributed by atoms with Gasteiger partial charge in [-0.25, -0.2) is 0 Å². The zero-order valence-corrected chi connectivity index (χ0v) is 5.65. The first-order valence-electron chi connectivity index (χ1n) is 2.57. The van der Waals surface area contributed by atoms with Crippen LogP contribution >= 0.6 is 11.6 Å². The van der Waals surface area contributed by atoms with E-state index in [1.54, 1.807) is 0 Å². The molecule has 4 heteroatoms. The smallest absolute Gasteiger partial charge is 0.0843 e. The molecule has 0 fully saturated rings. The van der Waals surface area contributed by atoms with Gasteiger partial charge in [0.05, 0.1) is 0 Å². The molecule has 0 aliphatic rings. The zero-order valence-electron chi connectivity index (χ0n) is 4.89. The van der Waals surface area contributed by atoms with Gasteiger partial charge in [0.2, 0.25) is 0 Å². The first-order valence-corrected chi connectivity index (χ1v) is 2.95. The summed E-state index contributed by atoms with van der Waals surface area (Å²) in [6.45, 7) is 0. The molecule has 0 aliphatic heterocycles. The molecule has 10 heavy (non-hydrogen) atoms. The van der Waals surface area contributed by atoms with Gasteiger partial charge in [-0.3, -0.25) is 0 Å². The summed E-state index contributed by atoms with van der Waals surface area (Å²) in [7, 11) is 0. The molecule has 0 spiro atoms. The lowest BCUT2D eigenvalue weighted by Gasteiger charge is -1.99. The van der Waals surface area contributed by atoms with Crippen molar-refractivity contribution in [2.75, 3.05) is 5.34 Å². The Bertz CT molecular complexity index is 227. The van der Waals surface area contributed by atoms with Crippen molar-refractivity contribution in [2.24, 2.45) is 0 Å². The van der Waals surface area contributed by atoms with Gasteiger partial charge >= 0.3 is 0 Å². The van der Waals surface area contributed by atoms with Crippen LogP contribution in [-0.4, -0.2) is 0 Å². The minimum Gasteiger partial charge on any atom is -0.0843 e. The van der Waals surface area contributed by atoms with E-state index in [0.29, 0.717) is 5.02 Å².